The Morgan fingerprint density at radius 2 is 2.62 bits per heavy atom. The Kier molecular flexibility index (Phi) is 5.19. The molecule has 0 aliphatic heterocycles. The molecule has 4 heteroatoms. The van der Waals surface area contributed by atoms with Crippen molar-refractivity contribution in [1.82, 2.24) is 5.32 Å². The minimum absolute atomic E-state index is 0.213. The summed E-state index contributed by atoms with van der Waals surface area (Å²) in [4.78, 5) is 10.3. The molecule has 48 valence electrons. The zero-order valence-electron chi connectivity index (χ0n) is 4.61. The highest BCUT2D eigenvalue weighted by atomic mass is 127. The number of likely N-dealkylation sites (N-methyl/N-ethyl adjacent to an activating group) is 1. The molecule has 0 aromatic carbocycles. The van der Waals surface area contributed by atoms with Gasteiger partial charge in [0, 0.05) is 0 Å². The fraction of sp³-hybridized carbons (Fsp3) is 0.500. The van der Waals surface area contributed by atoms with Crippen molar-refractivity contribution in [3.05, 3.63) is 0 Å². The van der Waals surface area contributed by atoms with Crippen LogP contribution in [0, 0.1) is 0 Å². The quantitative estimate of drug-likeness (QED) is 0.696. The van der Waals surface area contributed by atoms with Gasteiger partial charge in [-0.1, -0.05) is 0 Å². The zero-order chi connectivity index (χ0) is 6.41. The van der Waals surface area contributed by atoms with Gasteiger partial charge in [0.1, 0.15) is 21.1 Å². The number of carbonyl (C=O) groups excluding carboxylic acids is 1. The van der Waals surface area contributed by atoms with Crippen LogP contribution in [0.5, 0.6) is 0 Å². The summed E-state index contributed by atoms with van der Waals surface area (Å²) in [6.45, 7) is 0.287. The van der Waals surface area contributed by atoms with Crippen LogP contribution in [0.2, 0.25) is 0 Å². The fourth-order valence-corrected chi connectivity index (χ4v) is 0.735. The van der Waals surface area contributed by atoms with E-state index in [1.807, 2.05) is 0 Å². The lowest BCUT2D eigenvalue weighted by molar-refractivity contribution is -0.130. The molecule has 0 unspecified atom stereocenters. The molecule has 1 N–H and O–H groups in total. The smallest absolute Gasteiger partial charge is 0.328 e. The summed E-state index contributed by atoms with van der Waals surface area (Å²) >= 11 is -0.585. The maximum atomic E-state index is 10.3. The van der Waals surface area contributed by atoms with E-state index in [0.29, 0.717) is 0 Å². The average Bonchev–Trinajstić information content (AvgIpc) is 1.68. The van der Waals surface area contributed by atoms with E-state index in [1.54, 1.807) is 7.05 Å². The summed E-state index contributed by atoms with van der Waals surface area (Å²) in [6.07, 6.45) is 0. The lowest BCUT2D eigenvalue weighted by atomic mass is 10.7. The molecule has 0 radical (unpaired) electrons. The van der Waals surface area contributed by atoms with Crippen molar-refractivity contribution in [3.63, 3.8) is 0 Å². The minimum Gasteiger partial charge on any atom is -0.403 e. The second-order valence-electron chi connectivity index (χ2n) is 1.09. The number of nitrogens with one attached hydrogen (secondary N) is 1. The molecular weight excluding hydrogens is 221 g/mol. The summed E-state index contributed by atoms with van der Waals surface area (Å²) in [6, 6.07) is 0. The van der Waals surface area contributed by atoms with Crippen molar-refractivity contribution in [2.24, 2.45) is 0 Å². The standard InChI is InChI=1S/C4H8INO2/c1-5-8-4(7)3-6-2/h6H,1,3H2,2H3. The molecule has 0 bridgehead atoms. The first-order valence-corrected chi connectivity index (χ1v) is 4.44. The molecule has 0 aliphatic rings. The Morgan fingerprint density at radius 1 is 2.00 bits per heavy atom. The monoisotopic (exact) mass is 229 g/mol. The van der Waals surface area contributed by atoms with Crippen LogP contribution < -0.4 is 5.32 Å². The highest BCUT2D eigenvalue weighted by Gasteiger charge is 1.94. The molecule has 0 fully saturated rings. The lowest BCUT2D eigenvalue weighted by Crippen LogP contribution is -2.17. The van der Waals surface area contributed by atoms with Crippen molar-refractivity contribution < 1.29 is 7.86 Å². The summed E-state index contributed by atoms with van der Waals surface area (Å²) in [5.74, 6) is -0.213. The van der Waals surface area contributed by atoms with Gasteiger partial charge in [0.05, 0.1) is 6.54 Å². The van der Waals surface area contributed by atoms with Crippen LogP contribution in [0.1, 0.15) is 0 Å². The lowest BCUT2D eigenvalue weighted by Gasteiger charge is -1.92. The van der Waals surface area contributed by atoms with E-state index >= 15 is 0 Å². The third-order valence-electron chi connectivity index (χ3n) is 0.462. The molecule has 0 saturated carbocycles. The molecule has 8 heavy (non-hydrogen) atoms. The number of hydrogen-bond acceptors (Lipinski definition) is 3. The minimum atomic E-state index is -0.585. The Bertz CT molecular complexity index is 94.0. The van der Waals surface area contributed by atoms with Crippen LogP contribution in [-0.4, -0.2) is 24.1 Å². The number of carbonyl (C=O) groups is 1. The van der Waals surface area contributed by atoms with Gasteiger partial charge in [-0.2, -0.15) is 0 Å². The van der Waals surface area contributed by atoms with Crippen molar-refractivity contribution >= 4 is 31.6 Å². The van der Waals surface area contributed by atoms with Gasteiger partial charge in [-0.25, -0.2) is 4.79 Å². The summed E-state index contributed by atoms with van der Waals surface area (Å²) in [5.41, 5.74) is 0. The Balaban J connectivity index is 3.18. The van der Waals surface area contributed by atoms with Gasteiger partial charge >= 0.3 is 5.97 Å². The second kappa shape index (κ2) is 5.17. The first kappa shape index (κ1) is 8.03. The molecule has 0 aromatic rings. The van der Waals surface area contributed by atoms with E-state index in [1.165, 1.54) is 0 Å². The van der Waals surface area contributed by atoms with E-state index in [4.69, 9.17) is 0 Å². The molecule has 3 nitrogen and oxygen atoms in total. The molecule has 0 aliphatic carbocycles. The van der Waals surface area contributed by atoms with Crippen molar-refractivity contribution in [2.75, 3.05) is 13.6 Å². The maximum absolute atomic E-state index is 10.3. The fourth-order valence-electron chi connectivity index (χ4n) is 0.232. The zero-order valence-corrected chi connectivity index (χ0v) is 6.77. The van der Waals surface area contributed by atoms with Crippen LogP contribution >= 0.6 is 21.1 Å². The van der Waals surface area contributed by atoms with E-state index < -0.39 is 21.1 Å². The maximum Gasteiger partial charge on any atom is 0.328 e. The summed E-state index contributed by atoms with van der Waals surface area (Å²) in [7, 11) is 1.70. The molecule has 0 heterocycles. The predicted molar refractivity (Wildman–Crippen MR) is 41.2 cm³/mol. The molecular formula is C4H8INO2. The van der Waals surface area contributed by atoms with Crippen LogP contribution in [0.15, 0.2) is 0 Å². The van der Waals surface area contributed by atoms with Crippen LogP contribution in [-0.2, 0) is 7.86 Å². The number of rotatable bonds is 3. The number of halogens is 1. The van der Waals surface area contributed by atoms with Gasteiger partial charge < -0.3 is 8.38 Å². The SMILES string of the molecule is C=IOC(=O)CNC. The largest absolute Gasteiger partial charge is 0.403 e. The van der Waals surface area contributed by atoms with E-state index in [-0.39, 0.29) is 12.5 Å². The highest BCUT2D eigenvalue weighted by molar-refractivity contribution is 14.2. The van der Waals surface area contributed by atoms with Gasteiger partial charge in [-0.05, 0) is 11.6 Å². The molecule has 0 spiro atoms. The van der Waals surface area contributed by atoms with E-state index in [9.17, 15) is 4.79 Å². The molecule has 0 amide bonds. The first-order chi connectivity index (χ1) is 3.81. The Hall–Kier alpha value is 0.0300. The second-order valence-corrected chi connectivity index (χ2v) is 2.15. The molecule has 0 saturated heterocycles. The van der Waals surface area contributed by atoms with Gasteiger partial charge in [-0.15, -0.1) is 0 Å². The van der Waals surface area contributed by atoms with Crippen molar-refractivity contribution in [1.29, 1.82) is 0 Å². The molecule has 0 rings (SSSR count). The van der Waals surface area contributed by atoms with Crippen LogP contribution in [0.4, 0.5) is 0 Å². The van der Waals surface area contributed by atoms with Crippen molar-refractivity contribution in [3.8, 4) is 0 Å². The summed E-state index contributed by atoms with van der Waals surface area (Å²) in [5, 5.41) is 2.67. The van der Waals surface area contributed by atoms with E-state index in [2.05, 4.69) is 12.9 Å². The van der Waals surface area contributed by atoms with Gasteiger partial charge in [-0.3, -0.25) is 0 Å². The van der Waals surface area contributed by atoms with Crippen LogP contribution in [0.3, 0.4) is 0 Å². The topological polar surface area (TPSA) is 38.3 Å². The molecule has 0 aromatic heterocycles. The number of hydrogen-bond donors (Lipinski definition) is 1. The summed E-state index contributed by atoms with van der Waals surface area (Å²) < 4.78 is 8.03. The third-order valence-corrected chi connectivity index (χ3v) is 1.26. The van der Waals surface area contributed by atoms with Gasteiger partial charge in [0.15, 0.2) is 0 Å². The van der Waals surface area contributed by atoms with Gasteiger partial charge in [0.25, 0.3) is 0 Å². The van der Waals surface area contributed by atoms with Gasteiger partial charge in [0.2, 0.25) is 0 Å². The highest BCUT2D eigenvalue weighted by Crippen LogP contribution is 1.92. The van der Waals surface area contributed by atoms with Crippen LogP contribution in [0.25, 0.3) is 0 Å². The van der Waals surface area contributed by atoms with E-state index in [0.717, 1.165) is 0 Å². The molecule has 0 atom stereocenters. The predicted octanol–water partition coefficient (Wildman–Crippen LogP) is 0.0667. The van der Waals surface area contributed by atoms with Crippen molar-refractivity contribution in [2.45, 2.75) is 0 Å². The Morgan fingerprint density at radius 3 is 3.00 bits per heavy atom. The average molecular weight is 229 g/mol. The normalized spacial score (nSPS) is 8.62. The third kappa shape index (κ3) is 4.20. The Labute approximate surface area is 58.7 Å². The first-order valence-electron chi connectivity index (χ1n) is 2.04.